The predicted octanol–water partition coefficient (Wildman–Crippen LogP) is 3.96. The maximum atomic E-state index is 12.7. The first-order valence-corrected chi connectivity index (χ1v) is 6.46. The fourth-order valence-electron chi connectivity index (χ4n) is 1.91. The van der Waals surface area contributed by atoms with Crippen molar-refractivity contribution >= 4 is 26.7 Å². The average Bonchev–Trinajstić information content (AvgIpc) is 2.77. The lowest BCUT2D eigenvalue weighted by atomic mass is 10.1. The van der Waals surface area contributed by atoms with Crippen molar-refractivity contribution in [1.82, 2.24) is 9.97 Å². The van der Waals surface area contributed by atoms with Crippen LogP contribution < -0.4 is 5.73 Å². The Kier molecular flexibility index (Phi) is 2.86. The molecule has 3 aromatic rings. The molecule has 0 amide bonds. The van der Waals surface area contributed by atoms with Crippen LogP contribution in [0, 0.1) is 0 Å². The SMILES string of the molecule is Nc1nc2cccc(-c3cccc(C(F)(F)F)n3)c2s1. The van der Waals surface area contributed by atoms with E-state index in [0.29, 0.717) is 16.2 Å². The highest BCUT2D eigenvalue weighted by Gasteiger charge is 2.32. The molecule has 0 saturated carbocycles. The Bertz CT molecular complexity index is 780. The summed E-state index contributed by atoms with van der Waals surface area (Å²) < 4.78 is 38.9. The van der Waals surface area contributed by atoms with Crippen LogP contribution in [0.25, 0.3) is 21.5 Å². The summed E-state index contributed by atoms with van der Waals surface area (Å²) in [6.45, 7) is 0. The summed E-state index contributed by atoms with van der Waals surface area (Å²) in [6, 6.07) is 9.03. The number of nitrogens with two attached hydrogens (primary N) is 1. The van der Waals surface area contributed by atoms with Crippen molar-refractivity contribution in [3.63, 3.8) is 0 Å². The number of pyridine rings is 1. The number of hydrogen-bond donors (Lipinski definition) is 1. The van der Waals surface area contributed by atoms with Crippen molar-refractivity contribution in [1.29, 1.82) is 0 Å². The molecule has 0 spiro atoms. The molecule has 2 heterocycles. The number of anilines is 1. The molecule has 0 unspecified atom stereocenters. The van der Waals surface area contributed by atoms with Crippen LogP contribution in [-0.2, 0) is 6.18 Å². The van der Waals surface area contributed by atoms with E-state index in [0.717, 1.165) is 10.8 Å². The molecule has 0 aliphatic carbocycles. The first-order valence-electron chi connectivity index (χ1n) is 5.65. The average molecular weight is 295 g/mol. The lowest BCUT2D eigenvalue weighted by molar-refractivity contribution is -0.141. The molecule has 2 aromatic heterocycles. The van der Waals surface area contributed by atoms with Crippen molar-refractivity contribution in [3.8, 4) is 11.3 Å². The van der Waals surface area contributed by atoms with E-state index in [4.69, 9.17) is 5.73 Å². The van der Waals surface area contributed by atoms with Gasteiger partial charge < -0.3 is 5.73 Å². The monoisotopic (exact) mass is 295 g/mol. The Morgan fingerprint density at radius 1 is 1.00 bits per heavy atom. The third kappa shape index (κ3) is 2.20. The fraction of sp³-hybridized carbons (Fsp3) is 0.0769. The molecule has 2 N–H and O–H groups in total. The third-order valence-electron chi connectivity index (χ3n) is 2.75. The zero-order valence-corrected chi connectivity index (χ0v) is 10.8. The molecular weight excluding hydrogens is 287 g/mol. The smallest absolute Gasteiger partial charge is 0.375 e. The first-order chi connectivity index (χ1) is 9.45. The Balaban J connectivity index is 2.21. The van der Waals surface area contributed by atoms with Gasteiger partial charge >= 0.3 is 6.18 Å². The highest BCUT2D eigenvalue weighted by Crippen LogP contribution is 2.35. The standard InChI is InChI=1S/C13H8F3N3S/c14-13(15,16)10-6-2-4-8(18-10)7-3-1-5-9-11(7)20-12(17)19-9/h1-6H,(H2,17,19). The number of alkyl halides is 3. The highest BCUT2D eigenvalue weighted by molar-refractivity contribution is 7.22. The number of halogens is 3. The first kappa shape index (κ1) is 12.9. The van der Waals surface area contributed by atoms with Gasteiger partial charge in [-0.05, 0) is 18.2 Å². The van der Waals surface area contributed by atoms with E-state index in [-0.39, 0.29) is 5.69 Å². The molecule has 0 bridgehead atoms. The molecule has 0 aliphatic heterocycles. The van der Waals surface area contributed by atoms with E-state index in [2.05, 4.69) is 9.97 Å². The van der Waals surface area contributed by atoms with Gasteiger partial charge in [0.2, 0.25) is 0 Å². The van der Waals surface area contributed by atoms with Crippen LogP contribution in [0.2, 0.25) is 0 Å². The molecule has 0 fully saturated rings. The predicted molar refractivity (Wildman–Crippen MR) is 72.3 cm³/mol. The number of fused-ring (bicyclic) bond motifs is 1. The van der Waals surface area contributed by atoms with E-state index in [1.54, 1.807) is 24.3 Å². The van der Waals surface area contributed by atoms with Gasteiger partial charge in [0.15, 0.2) is 5.13 Å². The molecule has 0 atom stereocenters. The molecule has 1 aromatic carbocycles. The summed E-state index contributed by atoms with van der Waals surface area (Å²) >= 11 is 1.23. The number of nitrogen functional groups attached to an aromatic ring is 1. The topological polar surface area (TPSA) is 51.8 Å². The van der Waals surface area contributed by atoms with Gasteiger partial charge in [-0.15, -0.1) is 0 Å². The number of thiazole rings is 1. The van der Waals surface area contributed by atoms with Gasteiger partial charge in [0.25, 0.3) is 0 Å². The van der Waals surface area contributed by atoms with Gasteiger partial charge in [0.05, 0.1) is 15.9 Å². The quantitative estimate of drug-likeness (QED) is 0.739. The minimum atomic E-state index is -4.46. The molecule has 3 rings (SSSR count). The van der Waals surface area contributed by atoms with Gasteiger partial charge in [-0.1, -0.05) is 29.5 Å². The molecule has 20 heavy (non-hydrogen) atoms. The van der Waals surface area contributed by atoms with Gasteiger partial charge in [0.1, 0.15) is 5.69 Å². The summed E-state index contributed by atoms with van der Waals surface area (Å²) in [5.41, 5.74) is 6.25. The van der Waals surface area contributed by atoms with Crippen LogP contribution in [0.15, 0.2) is 36.4 Å². The largest absolute Gasteiger partial charge is 0.433 e. The summed E-state index contributed by atoms with van der Waals surface area (Å²) in [4.78, 5) is 7.80. The highest BCUT2D eigenvalue weighted by atomic mass is 32.1. The molecule has 0 aliphatic rings. The third-order valence-corrected chi connectivity index (χ3v) is 3.68. The van der Waals surface area contributed by atoms with E-state index in [1.165, 1.54) is 17.4 Å². The maximum Gasteiger partial charge on any atom is 0.433 e. The van der Waals surface area contributed by atoms with Crippen LogP contribution in [0.1, 0.15) is 5.69 Å². The lowest BCUT2D eigenvalue weighted by Gasteiger charge is -2.08. The van der Waals surface area contributed by atoms with E-state index >= 15 is 0 Å². The van der Waals surface area contributed by atoms with Crippen molar-refractivity contribution in [2.45, 2.75) is 6.18 Å². The second-order valence-electron chi connectivity index (χ2n) is 4.11. The second-order valence-corrected chi connectivity index (χ2v) is 5.14. The van der Waals surface area contributed by atoms with Crippen molar-refractivity contribution in [3.05, 3.63) is 42.1 Å². The minimum Gasteiger partial charge on any atom is -0.375 e. The molecule has 0 radical (unpaired) electrons. The van der Waals surface area contributed by atoms with E-state index in [9.17, 15) is 13.2 Å². The molecule has 0 saturated heterocycles. The van der Waals surface area contributed by atoms with E-state index < -0.39 is 11.9 Å². The summed E-state index contributed by atoms with van der Waals surface area (Å²) in [6.07, 6.45) is -4.46. The Morgan fingerprint density at radius 3 is 2.50 bits per heavy atom. The number of benzene rings is 1. The van der Waals surface area contributed by atoms with Gasteiger partial charge in [-0.25, -0.2) is 9.97 Å². The molecular formula is C13H8F3N3S. The zero-order chi connectivity index (χ0) is 14.3. The number of hydrogen-bond acceptors (Lipinski definition) is 4. The Morgan fingerprint density at radius 2 is 1.75 bits per heavy atom. The van der Waals surface area contributed by atoms with Crippen LogP contribution in [0.5, 0.6) is 0 Å². The Labute approximate surface area is 115 Å². The van der Waals surface area contributed by atoms with Crippen LogP contribution >= 0.6 is 11.3 Å². The summed E-state index contributed by atoms with van der Waals surface area (Å²) in [5.74, 6) is 0. The van der Waals surface area contributed by atoms with Gasteiger partial charge in [0, 0.05) is 5.56 Å². The van der Waals surface area contributed by atoms with Gasteiger partial charge in [-0.2, -0.15) is 13.2 Å². The van der Waals surface area contributed by atoms with Gasteiger partial charge in [-0.3, -0.25) is 0 Å². The van der Waals surface area contributed by atoms with E-state index in [1.807, 2.05) is 0 Å². The molecule has 7 heteroatoms. The summed E-state index contributed by atoms with van der Waals surface area (Å²) in [5, 5.41) is 0.374. The number of rotatable bonds is 1. The number of nitrogens with zero attached hydrogens (tertiary/aromatic N) is 2. The zero-order valence-electron chi connectivity index (χ0n) is 9.98. The van der Waals surface area contributed by atoms with Crippen LogP contribution in [0.4, 0.5) is 18.3 Å². The van der Waals surface area contributed by atoms with Crippen molar-refractivity contribution in [2.24, 2.45) is 0 Å². The Hall–Kier alpha value is -2.15. The van der Waals surface area contributed by atoms with Crippen LogP contribution in [-0.4, -0.2) is 9.97 Å². The molecule has 102 valence electrons. The molecule has 3 nitrogen and oxygen atoms in total. The fourth-order valence-corrected chi connectivity index (χ4v) is 2.76. The second kappa shape index (κ2) is 4.45. The minimum absolute atomic E-state index is 0.258. The number of aromatic nitrogens is 2. The lowest BCUT2D eigenvalue weighted by Crippen LogP contribution is -2.07. The maximum absolute atomic E-state index is 12.7. The normalized spacial score (nSPS) is 11.9. The van der Waals surface area contributed by atoms with Crippen molar-refractivity contribution < 1.29 is 13.2 Å². The van der Waals surface area contributed by atoms with Crippen LogP contribution in [0.3, 0.4) is 0 Å². The van der Waals surface area contributed by atoms with Crippen molar-refractivity contribution in [2.75, 3.05) is 5.73 Å². The summed E-state index contributed by atoms with van der Waals surface area (Å²) in [7, 11) is 0.